The molecule has 3 N–H and O–H groups in total. The molecule has 3 atom stereocenters. The zero-order chi connectivity index (χ0) is 15.8. The maximum absolute atomic E-state index is 12.2. The van der Waals surface area contributed by atoms with E-state index < -0.39 is 0 Å². The fourth-order valence-electron chi connectivity index (χ4n) is 3.12. The average molecular weight is 297 g/mol. The number of nitrogens with zero attached hydrogens (tertiary/aromatic N) is 1. The molecule has 0 aromatic carbocycles. The summed E-state index contributed by atoms with van der Waals surface area (Å²) in [7, 11) is 0. The summed E-state index contributed by atoms with van der Waals surface area (Å²) in [6.07, 6.45) is 4.59. The van der Waals surface area contributed by atoms with Crippen LogP contribution in [-0.4, -0.2) is 42.4 Å². The van der Waals surface area contributed by atoms with Crippen LogP contribution in [0.5, 0.6) is 0 Å². The fraction of sp³-hybridized carbons (Fsp3) is 0.875. The van der Waals surface area contributed by atoms with Gasteiger partial charge in [0.15, 0.2) is 0 Å². The molecular weight excluding hydrogens is 266 g/mol. The van der Waals surface area contributed by atoms with E-state index in [0.29, 0.717) is 18.9 Å². The normalized spacial score (nSPS) is 23.4. The number of amides is 2. The summed E-state index contributed by atoms with van der Waals surface area (Å²) in [6, 6.07) is 0.239. The van der Waals surface area contributed by atoms with Gasteiger partial charge < -0.3 is 16.0 Å². The van der Waals surface area contributed by atoms with E-state index in [4.69, 9.17) is 5.73 Å². The lowest BCUT2D eigenvalue weighted by Gasteiger charge is -2.30. The first-order valence-electron chi connectivity index (χ1n) is 8.30. The second-order valence-corrected chi connectivity index (χ2v) is 6.08. The molecule has 0 saturated heterocycles. The van der Waals surface area contributed by atoms with Crippen molar-refractivity contribution in [2.45, 2.75) is 58.9 Å². The van der Waals surface area contributed by atoms with E-state index in [0.717, 1.165) is 38.8 Å². The number of nitrogens with two attached hydrogens (primary N) is 1. The lowest BCUT2D eigenvalue weighted by Crippen LogP contribution is -2.39. The van der Waals surface area contributed by atoms with Crippen molar-refractivity contribution in [1.82, 2.24) is 10.2 Å². The third kappa shape index (κ3) is 5.65. The molecule has 0 bridgehead atoms. The number of nitrogens with one attached hydrogen (secondary N) is 1. The molecule has 1 fully saturated rings. The third-order valence-electron chi connectivity index (χ3n) is 4.63. The molecule has 1 saturated carbocycles. The molecule has 0 spiro atoms. The Morgan fingerprint density at radius 1 is 1.29 bits per heavy atom. The Labute approximate surface area is 128 Å². The van der Waals surface area contributed by atoms with Crippen molar-refractivity contribution in [1.29, 1.82) is 0 Å². The molecule has 1 aliphatic rings. The van der Waals surface area contributed by atoms with Crippen LogP contribution in [0.4, 0.5) is 0 Å². The van der Waals surface area contributed by atoms with Crippen molar-refractivity contribution in [3.05, 3.63) is 0 Å². The van der Waals surface area contributed by atoms with Crippen LogP contribution in [0.25, 0.3) is 0 Å². The van der Waals surface area contributed by atoms with Crippen LogP contribution in [0.1, 0.15) is 52.9 Å². The van der Waals surface area contributed by atoms with E-state index in [1.165, 1.54) is 0 Å². The van der Waals surface area contributed by atoms with Crippen molar-refractivity contribution in [3.8, 4) is 0 Å². The second-order valence-electron chi connectivity index (χ2n) is 6.08. The van der Waals surface area contributed by atoms with Gasteiger partial charge in [-0.25, -0.2) is 0 Å². The summed E-state index contributed by atoms with van der Waals surface area (Å²) in [6.45, 7) is 7.78. The summed E-state index contributed by atoms with van der Waals surface area (Å²) in [4.78, 5) is 25.8. The third-order valence-corrected chi connectivity index (χ3v) is 4.63. The van der Waals surface area contributed by atoms with Crippen molar-refractivity contribution in [3.63, 3.8) is 0 Å². The Kier molecular flexibility index (Phi) is 7.72. The van der Waals surface area contributed by atoms with Gasteiger partial charge in [-0.05, 0) is 39.0 Å². The molecule has 5 nitrogen and oxygen atoms in total. The molecule has 2 amide bonds. The Balaban J connectivity index is 2.31. The minimum atomic E-state index is -0.0140. The van der Waals surface area contributed by atoms with E-state index in [1.54, 1.807) is 4.90 Å². The Morgan fingerprint density at radius 3 is 2.52 bits per heavy atom. The standard InChI is InChI=1S/C16H31N3O2/c1-4-19(5-2)15(20)9-10-18-16(21)12(3)13-7-6-8-14(17)11-13/h12-14H,4-11,17H2,1-3H3,(H,18,21). The van der Waals surface area contributed by atoms with Gasteiger partial charge in [0.1, 0.15) is 0 Å². The molecule has 0 radical (unpaired) electrons. The highest BCUT2D eigenvalue weighted by molar-refractivity contribution is 5.80. The van der Waals surface area contributed by atoms with E-state index in [2.05, 4.69) is 5.32 Å². The van der Waals surface area contributed by atoms with Crippen LogP contribution >= 0.6 is 0 Å². The van der Waals surface area contributed by atoms with Crippen molar-refractivity contribution in [2.75, 3.05) is 19.6 Å². The van der Waals surface area contributed by atoms with Crippen LogP contribution in [0, 0.1) is 11.8 Å². The van der Waals surface area contributed by atoms with Crippen LogP contribution in [-0.2, 0) is 9.59 Å². The van der Waals surface area contributed by atoms with Gasteiger partial charge in [0.05, 0.1) is 0 Å². The van der Waals surface area contributed by atoms with Crippen LogP contribution in [0.2, 0.25) is 0 Å². The van der Waals surface area contributed by atoms with Crippen molar-refractivity contribution >= 4 is 11.8 Å². The lowest BCUT2D eigenvalue weighted by molar-refractivity contribution is -0.131. The van der Waals surface area contributed by atoms with Gasteiger partial charge in [-0.1, -0.05) is 13.3 Å². The van der Waals surface area contributed by atoms with E-state index in [9.17, 15) is 9.59 Å². The van der Waals surface area contributed by atoms with Crippen LogP contribution < -0.4 is 11.1 Å². The Bertz CT molecular complexity index is 342. The number of hydrogen-bond acceptors (Lipinski definition) is 3. The van der Waals surface area contributed by atoms with Crippen molar-refractivity contribution < 1.29 is 9.59 Å². The van der Waals surface area contributed by atoms with E-state index >= 15 is 0 Å². The highest BCUT2D eigenvalue weighted by Gasteiger charge is 2.28. The molecule has 3 unspecified atom stereocenters. The number of carbonyl (C=O) groups excluding carboxylic acids is 2. The highest BCUT2D eigenvalue weighted by Crippen LogP contribution is 2.29. The maximum Gasteiger partial charge on any atom is 0.224 e. The molecule has 21 heavy (non-hydrogen) atoms. The molecule has 1 aliphatic carbocycles. The van der Waals surface area contributed by atoms with Gasteiger partial charge in [-0.15, -0.1) is 0 Å². The summed E-state index contributed by atoms with van der Waals surface area (Å²) < 4.78 is 0. The molecule has 0 heterocycles. The van der Waals surface area contributed by atoms with Gasteiger partial charge >= 0.3 is 0 Å². The van der Waals surface area contributed by atoms with E-state index in [1.807, 2.05) is 20.8 Å². The number of rotatable bonds is 7. The van der Waals surface area contributed by atoms with Gasteiger partial charge in [0.25, 0.3) is 0 Å². The second kappa shape index (κ2) is 9.03. The Hall–Kier alpha value is -1.10. The smallest absolute Gasteiger partial charge is 0.224 e. The van der Waals surface area contributed by atoms with E-state index in [-0.39, 0.29) is 23.8 Å². The average Bonchev–Trinajstić information content (AvgIpc) is 2.47. The fourth-order valence-corrected chi connectivity index (χ4v) is 3.12. The lowest BCUT2D eigenvalue weighted by atomic mass is 9.78. The van der Waals surface area contributed by atoms with Crippen molar-refractivity contribution in [2.24, 2.45) is 17.6 Å². The quantitative estimate of drug-likeness (QED) is 0.748. The molecule has 122 valence electrons. The van der Waals surface area contributed by atoms with Gasteiger partial charge in [-0.2, -0.15) is 0 Å². The zero-order valence-electron chi connectivity index (χ0n) is 13.7. The Morgan fingerprint density at radius 2 is 1.95 bits per heavy atom. The SMILES string of the molecule is CCN(CC)C(=O)CCNC(=O)C(C)C1CCCC(N)C1. The highest BCUT2D eigenvalue weighted by atomic mass is 16.2. The number of hydrogen-bond donors (Lipinski definition) is 2. The first kappa shape index (κ1) is 18.0. The molecule has 0 aliphatic heterocycles. The first-order valence-corrected chi connectivity index (χ1v) is 8.30. The summed E-state index contributed by atoms with van der Waals surface area (Å²) in [5.74, 6) is 0.529. The van der Waals surface area contributed by atoms with Crippen LogP contribution in [0.3, 0.4) is 0 Å². The first-order chi connectivity index (χ1) is 9.99. The molecule has 5 heteroatoms. The van der Waals surface area contributed by atoms with Gasteiger partial charge in [-0.3, -0.25) is 9.59 Å². The summed E-state index contributed by atoms with van der Waals surface area (Å²) in [5, 5.41) is 2.90. The number of carbonyl (C=O) groups is 2. The zero-order valence-corrected chi connectivity index (χ0v) is 13.7. The minimum Gasteiger partial charge on any atom is -0.355 e. The minimum absolute atomic E-state index is 0.0140. The monoisotopic (exact) mass is 297 g/mol. The topological polar surface area (TPSA) is 75.4 Å². The molecule has 0 aromatic heterocycles. The molecule has 0 aromatic rings. The predicted molar refractivity (Wildman–Crippen MR) is 84.7 cm³/mol. The van der Waals surface area contributed by atoms with Crippen LogP contribution in [0.15, 0.2) is 0 Å². The largest absolute Gasteiger partial charge is 0.355 e. The summed E-state index contributed by atoms with van der Waals surface area (Å²) >= 11 is 0. The molecular formula is C16H31N3O2. The summed E-state index contributed by atoms with van der Waals surface area (Å²) in [5.41, 5.74) is 5.98. The van der Waals surface area contributed by atoms with Gasteiger partial charge in [0, 0.05) is 38.0 Å². The predicted octanol–water partition coefficient (Wildman–Crippen LogP) is 1.51. The maximum atomic E-state index is 12.2. The molecule has 1 rings (SSSR count). The van der Waals surface area contributed by atoms with Gasteiger partial charge in [0.2, 0.25) is 11.8 Å².